The molecule has 0 aromatic heterocycles. The smallest absolute Gasteiger partial charge is 0.311 e. The Morgan fingerprint density at radius 3 is 2.38 bits per heavy atom. The van der Waals surface area contributed by atoms with Crippen LogP contribution < -0.4 is 14.8 Å². The third-order valence-electron chi connectivity index (χ3n) is 4.06. The highest BCUT2D eigenvalue weighted by molar-refractivity contribution is 6.05. The molecule has 7 nitrogen and oxygen atoms in total. The Kier molecular flexibility index (Phi) is 4.88. The van der Waals surface area contributed by atoms with Gasteiger partial charge >= 0.3 is 5.97 Å². The summed E-state index contributed by atoms with van der Waals surface area (Å²) >= 11 is 0. The molecule has 2 aromatic rings. The molecule has 7 heteroatoms. The highest BCUT2D eigenvalue weighted by Gasteiger charge is 2.25. The van der Waals surface area contributed by atoms with Crippen LogP contribution in [0.4, 0.5) is 5.69 Å². The SMILES string of the molecule is CC(=O)c1cc2c(cc1NC(=O)C[C@@H](C(=O)O)c1ccccc1)OCO2. The molecular formula is C19H17NO6. The maximum Gasteiger partial charge on any atom is 0.311 e. The molecule has 0 unspecified atom stereocenters. The zero-order valence-corrected chi connectivity index (χ0v) is 14.0. The molecule has 1 amide bonds. The summed E-state index contributed by atoms with van der Waals surface area (Å²) in [6.07, 6.45) is -0.259. The zero-order valence-electron chi connectivity index (χ0n) is 14.0. The number of Topliss-reactive ketones (excluding diaryl/α,β-unsaturated/α-hetero) is 1. The Balaban J connectivity index is 1.81. The minimum Gasteiger partial charge on any atom is -0.481 e. The summed E-state index contributed by atoms with van der Waals surface area (Å²) in [5, 5.41) is 12.1. The molecule has 0 radical (unpaired) electrons. The summed E-state index contributed by atoms with van der Waals surface area (Å²) in [7, 11) is 0. The Morgan fingerprint density at radius 1 is 1.12 bits per heavy atom. The molecule has 1 atom stereocenters. The van der Waals surface area contributed by atoms with Gasteiger partial charge in [0.2, 0.25) is 12.7 Å². The van der Waals surface area contributed by atoms with Crippen molar-refractivity contribution in [2.75, 3.05) is 12.1 Å². The number of benzene rings is 2. The fraction of sp³-hybridized carbons (Fsp3) is 0.211. The Bertz CT molecular complexity index is 862. The lowest BCUT2D eigenvalue weighted by Crippen LogP contribution is -2.21. The first-order valence-electron chi connectivity index (χ1n) is 7.98. The quantitative estimate of drug-likeness (QED) is 0.773. The largest absolute Gasteiger partial charge is 0.481 e. The van der Waals surface area contributed by atoms with Gasteiger partial charge in [-0.15, -0.1) is 0 Å². The number of hydrogen-bond acceptors (Lipinski definition) is 5. The van der Waals surface area contributed by atoms with Crippen molar-refractivity contribution >= 4 is 23.3 Å². The first kappa shape index (κ1) is 17.5. The number of aliphatic carboxylic acids is 1. The lowest BCUT2D eigenvalue weighted by atomic mass is 9.95. The normalized spacial score (nSPS) is 13.1. The minimum absolute atomic E-state index is 0.0408. The minimum atomic E-state index is -1.09. The van der Waals surface area contributed by atoms with Gasteiger partial charge in [0, 0.05) is 18.1 Å². The number of ketones is 1. The molecule has 2 N–H and O–H groups in total. The van der Waals surface area contributed by atoms with Gasteiger partial charge in [0.15, 0.2) is 17.3 Å². The van der Waals surface area contributed by atoms with Crippen molar-refractivity contribution in [1.29, 1.82) is 0 Å². The molecule has 0 aliphatic carbocycles. The molecule has 0 fully saturated rings. The second kappa shape index (κ2) is 7.26. The van der Waals surface area contributed by atoms with E-state index in [2.05, 4.69) is 5.32 Å². The van der Waals surface area contributed by atoms with Gasteiger partial charge in [-0.1, -0.05) is 30.3 Å². The molecule has 0 bridgehead atoms. The summed E-state index contributed by atoms with van der Waals surface area (Å²) in [4.78, 5) is 35.8. The van der Waals surface area contributed by atoms with E-state index >= 15 is 0 Å². The van der Waals surface area contributed by atoms with E-state index in [-0.39, 0.29) is 30.2 Å². The second-order valence-electron chi connectivity index (χ2n) is 5.86. The van der Waals surface area contributed by atoms with Crippen molar-refractivity contribution in [2.24, 2.45) is 0 Å². The molecule has 1 heterocycles. The number of carboxylic acids is 1. The van der Waals surface area contributed by atoms with E-state index in [0.717, 1.165) is 0 Å². The van der Waals surface area contributed by atoms with Crippen LogP contribution >= 0.6 is 0 Å². The number of ether oxygens (including phenoxy) is 2. The Labute approximate surface area is 149 Å². The van der Waals surface area contributed by atoms with E-state index < -0.39 is 17.8 Å². The van der Waals surface area contributed by atoms with Crippen LogP contribution in [0.15, 0.2) is 42.5 Å². The van der Waals surface area contributed by atoms with Crippen LogP contribution in [0.2, 0.25) is 0 Å². The topological polar surface area (TPSA) is 102 Å². The van der Waals surface area contributed by atoms with Crippen LogP contribution in [0.1, 0.15) is 35.2 Å². The van der Waals surface area contributed by atoms with Crippen LogP contribution in [0, 0.1) is 0 Å². The van der Waals surface area contributed by atoms with Crippen LogP contribution in [-0.4, -0.2) is 29.6 Å². The zero-order chi connectivity index (χ0) is 18.7. The van der Waals surface area contributed by atoms with Crippen molar-refractivity contribution in [1.82, 2.24) is 0 Å². The van der Waals surface area contributed by atoms with Crippen molar-refractivity contribution in [3.05, 3.63) is 53.6 Å². The molecule has 0 spiro atoms. The van der Waals surface area contributed by atoms with Crippen molar-refractivity contribution in [2.45, 2.75) is 19.3 Å². The van der Waals surface area contributed by atoms with Crippen molar-refractivity contribution in [3.8, 4) is 11.5 Å². The Morgan fingerprint density at radius 2 is 1.77 bits per heavy atom. The van der Waals surface area contributed by atoms with E-state index in [0.29, 0.717) is 17.1 Å². The monoisotopic (exact) mass is 355 g/mol. The number of carbonyl (C=O) groups excluding carboxylic acids is 2. The summed E-state index contributed by atoms with van der Waals surface area (Å²) < 4.78 is 10.5. The number of carboxylic acid groups (broad SMARTS) is 1. The lowest BCUT2D eigenvalue weighted by molar-refractivity contribution is -0.140. The number of fused-ring (bicyclic) bond motifs is 1. The number of carbonyl (C=O) groups is 3. The number of amides is 1. The van der Waals surface area contributed by atoms with E-state index in [4.69, 9.17) is 9.47 Å². The third-order valence-corrected chi connectivity index (χ3v) is 4.06. The fourth-order valence-corrected chi connectivity index (χ4v) is 2.76. The summed E-state index contributed by atoms with van der Waals surface area (Å²) in [5.74, 6) is -1.99. The van der Waals surface area contributed by atoms with Gasteiger partial charge in [-0.05, 0) is 18.6 Å². The van der Waals surface area contributed by atoms with Crippen LogP contribution in [-0.2, 0) is 9.59 Å². The standard InChI is InChI=1S/C19H17NO6/c1-11(21)13-7-16-17(26-10-25-16)9-15(13)20-18(22)8-14(19(23)24)12-5-3-2-4-6-12/h2-7,9,14H,8,10H2,1H3,(H,20,22)(H,23,24)/t14-/m1/s1. The maximum absolute atomic E-state index is 12.4. The van der Waals surface area contributed by atoms with Gasteiger partial charge in [0.25, 0.3) is 0 Å². The number of rotatable bonds is 6. The average Bonchev–Trinajstić information content (AvgIpc) is 3.06. The lowest BCUT2D eigenvalue weighted by Gasteiger charge is -2.14. The average molecular weight is 355 g/mol. The molecule has 1 aliphatic heterocycles. The van der Waals surface area contributed by atoms with Gasteiger partial charge in [-0.3, -0.25) is 14.4 Å². The van der Waals surface area contributed by atoms with Crippen molar-refractivity contribution in [3.63, 3.8) is 0 Å². The van der Waals surface area contributed by atoms with Gasteiger partial charge in [-0.2, -0.15) is 0 Å². The van der Waals surface area contributed by atoms with E-state index in [1.54, 1.807) is 30.3 Å². The predicted molar refractivity (Wildman–Crippen MR) is 92.6 cm³/mol. The van der Waals surface area contributed by atoms with Crippen molar-refractivity contribution < 1.29 is 29.0 Å². The van der Waals surface area contributed by atoms with E-state index in [1.165, 1.54) is 19.1 Å². The van der Waals surface area contributed by atoms with E-state index in [9.17, 15) is 19.5 Å². The molecule has 2 aromatic carbocycles. The molecule has 26 heavy (non-hydrogen) atoms. The number of nitrogens with one attached hydrogen (secondary N) is 1. The molecule has 1 aliphatic rings. The maximum atomic E-state index is 12.4. The highest BCUT2D eigenvalue weighted by atomic mass is 16.7. The third kappa shape index (κ3) is 3.66. The number of anilines is 1. The van der Waals surface area contributed by atoms with Gasteiger partial charge in [-0.25, -0.2) is 0 Å². The second-order valence-corrected chi connectivity index (χ2v) is 5.86. The molecule has 134 valence electrons. The fourth-order valence-electron chi connectivity index (χ4n) is 2.76. The van der Waals surface area contributed by atoms with Crippen LogP contribution in [0.5, 0.6) is 11.5 Å². The first-order valence-corrected chi connectivity index (χ1v) is 7.98. The van der Waals surface area contributed by atoms with Crippen LogP contribution in [0.25, 0.3) is 0 Å². The van der Waals surface area contributed by atoms with Crippen LogP contribution in [0.3, 0.4) is 0 Å². The first-order chi connectivity index (χ1) is 12.5. The number of hydrogen-bond donors (Lipinski definition) is 2. The molecular weight excluding hydrogens is 338 g/mol. The van der Waals surface area contributed by atoms with Gasteiger partial charge in [0.05, 0.1) is 11.6 Å². The Hall–Kier alpha value is -3.35. The molecule has 3 rings (SSSR count). The summed E-state index contributed by atoms with van der Waals surface area (Å²) in [6.45, 7) is 1.41. The predicted octanol–water partition coefficient (Wildman–Crippen LogP) is 2.81. The van der Waals surface area contributed by atoms with Gasteiger partial charge < -0.3 is 19.9 Å². The molecule has 0 saturated carbocycles. The van der Waals surface area contributed by atoms with Gasteiger partial charge in [0.1, 0.15) is 0 Å². The summed E-state index contributed by atoms with van der Waals surface area (Å²) in [6, 6.07) is 11.5. The van der Waals surface area contributed by atoms with E-state index in [1.807, 2.05) is 0 Å². The summed E-state index contributed by atoms with van der Waals surface area (Å²) in [5.41, 5.74) is 1.07. The molecule has 0 saturated heterocycles. The highest BCUT2D eigenvalue weighted by Crippen LogP contribution is 2.37.